The molecule has 3 atom stereocenters. The van der Waals surface area contributed by atoms with E-state index in [1.807, 2.05) is 0 Å². The molecule has 1 amide bonds. The van der Waals surface area contributed by atoms with Gasteiger partial charge in [0.25, 0.3) is 0 Å². The zero-order chi connectivity index (χ0) is 10.5. The molecule has 1 saturated heterocycles. The Kier molecular flexibility index (Phi) is 2.01. The van der Waals surface area contributed by atoms with Gasteiger partial charge in [0.2, 0.25) is 5.91 Å². The first-order chi connectivity index (χ1) is 6.52. The van der Waals surface area contributed by atoms with Crippen molar-refractivity contribution >= 4 is 23.5 Å². The van der Waals surface area contributed by atoms with Gasteiger partial charge in [0.05, 0.1) is 12.0 Å². The Morgan fingerprint density at radius 2 is 2.36 bits per heavy atom. The lowest BCUT2D eigenvalue weighted by molar-refractivity contribution is -0.150. The topological polar surface area (TPSA) is 83.6 Å². The molecule has 2 aliphatic heterocycles. The lowest BCUT2D eigenvalue weighted by atomic mass is 9.84. The summed E-state index contributed by atoms with van der Waals surface area (Å²) in [6.45, 7) is 0. The number of rotatable bonds is 1. The molecule has 3 N–H and O–H groups in total. The molecule has 76 valence electrons. The number of carboxylic acid groups (broad SMARTS) is 1. The minimum Gasteiger partial charge on any atom is -0.481 e. The summed E-state index contributed by atoms with van der Waals surface area (Å²) in [7, 11) is 0. The summed E-state index contributed by atoms with van der Waals surface area (Å²) in [6.07, 6.45) is 1.68. The Bertz CT molecular complexity index is 341. The van der Waals surface area contributed by atoms with Crippen molar-refractivity contribution in [3.8, 4) is 0 Å². The summed E-state index contributed by atoms with van der Waals surface area (Å²) in [5, 5.41) is 9.01. The largest absolute Gasteiger partial charge is 0.481 e. The molecule has 0 saturated carbocycles. The number of carboxylic acids is 1. The minimum absolute atomic E-state index is 0.189. The molecule has 0 aliphatic carbocycles. The molecule has 2 heterocycles. The van der Waals surface area contributed by atoms with Crippen molar-refractivity contribution in [2.24, 2.45) is 11.7 Å². The molecule has 14 heavy (non-hydrogen) atoms. The SMILES string of the molecule is NC1C(=O)N2C=C(Cl)C(C(=O)O)C[C@H]12. The van der Waals surface area contributed by atoms with Crippen LogP contribution in [0.1, 0.15) is 6.42 Å². The fourth-order valence-corrected chi connectivity index (χ4v) is 2.09. The van der Waals surface area contributed by atoms with Gasteiger partial charge >= 0.3 is 5.97 Å². The van der Waals surface area contributed by atoms with E-state index in [9.17, 15) is 9.59 Å². The second-order valence-corrected chi connectivity index (χ2v) is 3.92. The highest BCUT2D eigenvalue weighted by atomic mass is 35.5. The van der Waals surface area contributed by atoms with Crippen molar-refractivity contribution in [1.82, 2.24) is 4.90 Å². The zero-order valence-corrected chi connectivity index (χ0v) is 7.94. The molecule has 0 radical (unpaired) electrons. The molecule has 0 bridgehead atoms. The van der Waals surface area contributed by atoms with Crippen LogP contribution in [0.15, 0.2) is 11.2 Å². The number of fused-ring (bicyclic) bond motifs is 1. The highest BCUT2D eigenvalue weighted by molar-refractivity contribution is 6.31. The third-order valence-corrected chi connectivity index (χ3v) is 3.04. The van der Waals surface area contributed by atoms with Crippen molar-refractivity contribution in [1.29, 1.82) is 0 Å². The van der Waals surface area contributed by atoms with Crippen LogP contribution in [0.2, 0.25) is 0 Å². The number of hydrogen-bond acceptors (Lipinski definition) is 3. The van der Waals surface area contributed by atoms with Crippen LogP contribution in [0.3, 0.4) is 0 Å². The van der Waals surface area contributed by atoms with Crippen molar-refractivity contribution in [2.75, 3.05) is 0 Å². The number of β-lactam (4-membered cyclic amide) rings is 1. The van der Waals surface area contributed by atoms with E-state index in [0.29, 0.717) is 6.42 Å². The predicted octanol–water partition coefficient (Wildman–Crippen LogP) is -0.291. The van der Waals surface area contributed by atoms with Gasteiger partial charge < -0.3 is 15.7 Å². The van der Waals surface area contributed by atoms with E-state index in [2.05, 4.69) is 0 Å². The van der Waals surface area contributed by atoms with Gasteiger partial charge in [-0.05, 0) is 6.42 Å². The Balaban J connectivity index is 2.24. The van der Waals surface area contributed by atoms with Gasteiger partial charge in [-0.3, -0.25) is 9.59 Å². The molecule has 0 spiro atoms. The van der Waals surface area contributed by atoms with Crippen LogP contribution >= 0.6 is 11.6 Å². The molecule has 6 heteroatoms. The Hall–Kier alpha value is -1.07. The number of nitrogens with zero attached hydrogens (tertiary/aromatic N) is 1. The number of halogens is 1. The molecule has 1 fully saturated rings. The lowest BCUT2D eigenvalue weighted by Crippen LogP contribution is -2.68. The summed E-state index contributed by atoms with van der Waals surface area (Å²) < 4.78 is 0. The fourth-order valence-electron chi connectivity index (χ4n) is 1.81. The second-order valence-electron chi connectivity index (χ2n) is 3.48. The van der Waals surface area contributed by atoms with Gasteiger partial charge in [0, 0.05) is 11.2 Å². The highest BCUT2D eigenvalue weighted by Crippen LogP contribution is 2.35. The Morgan fingerprint density at radius 1 is 1.71 bits per heavy atom. The van der Waals surface area contributed by atoms with Crippen molar-refractivity contribution in [3.05, 3.63) is 11.2 Å². The van der Waals surface area contributed by atoms with E-state index < -0.39 is 17.9 Å². The molecule has 2 aliphatic rings. The van der Waals surface area contributed by atoms with Crippen molar-refractivity contribution in [2.45, 2.75) is 18.5 Å². The number of hydrogen-bond donors (Lipinski definition) is 2. The maximum Gasteiger partial charge on any atom is 0.312 e. The van der Waals surface area contributed by atoms with E-state index in [1.165, 1.54) is 11.1 Å². The first kappa shape index (κ1) is 9.48. The van der Waals surface area contributed by atoms with Crippen LogP contribution in [0.5, 0.6) is 0 Å². The summed E-state index contributed by atoms with van der Waals surface area (Å²) in [4.78, 5) is 23.3. The maximum atomic E-state index is 11.2. The predicted molar refractivity (Wildman–Crippen MR) is 48.3 cm³/mol. The number of amides is 1. The minimum atomic E-state index is -0.975. The van der Waals surface area contributed by atoms with E-state index in [-0.39, 0.29) is 17.0 Å². The third-order valence-electron chi connectivity index (χ3n) is 2.68. The van der Waals surface area contributed by atoms with Crippen LogP contribution < -0.4 is 5.73 Å². The molecule has 0 aromatic carbocycles. The number of carbonyl (C=O) groups excluding carboxylic acids is 1. The van der Waals surface area contributed by atoms with Crippen LogP contribution in [-0.2, 0) is 9.59 Å². The first-order valence-corrected chi connectivity index (χ1v) is 4.58. The van der Waals surface area contributed by atoms with E-state index in [0.717, 1.165) is 0 Å². The maximum absolute atomic E-state index is 11.2. The Labute approximate surface area is 85.1 Å². The summed E-state index contributed by atoms with van der Waals surface area (Å²) in [5.74, 6) is -1.90. The van der Waals surface area contributed by atoms with Gasteiger partial charge in [-0.1, -0.05) is 11.6 Å². The first-order valence-electron chi connectivity index (χ1n) is 4.20. The smallest absolute Gasteiger partial charge is 0.312 e. The summed E-state index contributed by atoms with van der Waals surface area (Å²) in [6, 6.07) is -0.774. The van der Waals surface area contributed by atoms with Crippen LogP contribution in [0.25, 0.3) is 0 Å². The van der Waals surface area contributed by atoms with Crippen molar-refractivity contribution < 1.29 is 14.7 Å². The fraction of sp³-hybridized carbons (Fsp3) is 0.500. The molecular formula is C8H9ClN2O3. The second kappa shape index (κ2) is 2.96. The van der Waals surface area contributed by atoms with Crippen LogP contribution in [0, 0.1) is 5.92 Å². The van der Waals surface area contributed by atoms with Gasteiger partial charge in [-0.25, -0.2) is 0 Å². The average Bonchev–Trinajstić information content (AvgIpc) is 2.15. The quantitative estimate of drug-likeness (QED) is 0.590. The molecule has 0 aromatic heterocycles. The number of carbonyl (C=O) groups is 2. The monoisotopic (exact) mass is 216 g/mol. The van der Waals surface area contributed by atoms with Crippen molar-refractivity contribution in [3.63, 3.8) is 0 Å². The molecule has 0 aromatic rings. The van der Waals surface area contributed by atoms with Crippen LogP contribution in [-0.4, -0.2) is 34.0 Å². The standard InChI is InChI=1S/C8H9ClN2O3/c9-4-2-11-5(6(10)7(11)12)1-3(4)8(13)14/h2-3,5-6H,1,10H2,(H,13,14)/t3?,5-,6?/m1/s1. The van der Waals surface area contributed by atoms with Gasteiger partial charge in [-0.2, -0.15) is 0 Å². The van der Waals surface area contributed by atoms with E-state index in [1.54, 1.807) is 0 Å². The lowest BCUT2D eigenvalue weighted by Gasteiger charge is -2.47. The van der Waals surface area contributed by atoms with Gasteiger partial charge in [0.15, 0.2) is 0 Å². The Morgan fingerprint density at radius 3 is 2.93 bits per heavy atom. The van der Waals surface area contributed by atoms with Crippen LogP contribution in [0.4, 0.5) is 0 Å². The highest BCUT2D eigenvalue weighted by Gasteiger charge is 2.49. The molecule has 2 unspecified atom stereocenters. The zero-order valence-electron chi connectivity index (χ0n) is 7.18. The van der Waals surface area contributed by atoms with E-state index >= 15 is 0 Å². The van der Waals surface area contributed by atoms with Gasteiger partial charge in [-0.15, -0.1) is 0 Å². The summed E-state index contributed by atoms with van der Waals surface area (Å²) >= 11 is 5.73. The third kappa shape index (κ3) is 1.13. The number of nitrogens with two attached hydrogens (primary N) is 1. The van der Waals surface area contributed by atoms with E-state index in [4.69, 9.17) is 22.4 Å². The molecule has 5 nitrogen and oxygen atoms in total. The summed E-state index contributed by atoms with van der Waals surface area (Å²) in [5.41, 5.74) is 5.53. The average molecular weight is 217 g/mol. The molecular weight excluding hydrogens is 208 g/mol. The number of aliphatic carboxylic acids is 1. The van der Waals surface area contributed by atoms with Gasteiger partial charge in [0.1, 0.15) is 6.04 Å². The molecule has 2 rings (SSSR count). The normalized spacial score (nSPS) is 35.9.